The SMILES string of the molecule is CCOC(=O)C[C@H](N)c1cc(C)cc(Br)c1. The number of carbonyl (C=O) groups is 1. The van der Waals surface area contributed by atoms with Gasteiger partial charge in [0, 0.05) is 10.5 Å². The Labute approximate surface area is 104 Å². The van der Waals surface area contributed by atoms with E-state index < -0.39 is 0 Å². The number of aryl methyl sites for hydroxylation is 1. The molecule has 0 aliphatic carbocycles. The fraction of sp³-hybridized carbons (Fsp3) is 0.417. The normalized spacial score (nSPS) is 12.2. The molecule has 0 saturated heterocycles. The summed E-state index contributed by atoms with van der Waals surface area (Å²) in [5.74, 6) is -0.257. The van der Waals surface area contributed by atoms with Gasteiger partial charge in [-0.2, -0.15) is 0 Å². The van der Waals surface area contributed by atoms with Gasteiger partial charge in [-0.15, -0.1) is 0 Å². The third-order valence-corrected chi connectivity index (χ3v) is 2.64. The highest BCUT2D eigenvalue weighted by Gasteiger charge is 2.13. The molecule has 3 nitrogen and oxygen atoms in total. The van der Waals surface area contributed by atoms with Crippen LogP contribution in [0.3, 0.4) is 0 Å². The van der Waals surface area contributed by atoms with Gasteiger partial charge in [0.15, 0.2) is 0 Å². The van der Waals surface area contributed by atoms with Gasteiger partial charge in [-0.25, -0.2) is 0 Å². The van der Waals surface area contributed by atoms with E-state index in [0.717, 1.165) is 15.6 Å². The molecule has 0 fully saturated rings. The van der Waals surface area contributed by atoms with Crippen molar-refractivity contribution in [1.29, 1.82) is 0 Å². The van der Waals surface area contributed by atoms with Crippen molar-refractivity contribution >= 4 is 21.9 Å². The van der Waals surface area contributed by atoms with Gasteiger partial charge >= 0.3 is 5.97 Å². The van der Waals surface area contributed by atoms with E-state index in [2.05, 4.69) is 15.9 Å². The van der Waals surface area contributed by atoms with Crippen LogP contribution in [0.25, 0.3) is 0 Å². The Morgan fingerprint density at radius 2 is 2.19 bits per heavy atom. The minimum Gasteiger partial charge on any atom is -0.466 e. The van der Waals surface area contributed by atoms with Gasteiger partial charge < -0.3 is 10.5 Å². The first-order valence-electron chi connectivity index (χ1n) is 5.21. The standard InChI is InChI=1S/C12H16BrNO2/c1-3-16-12(15)7-11(14)9-4-8(2)5-10(13)6-9/h4-6,11H,3,7,14H2,1-2H3/t11-/m0/s1. The van der Waals surface area contributed by atoms with Crippen LogP contribution in [0.1, 0.15) is 30.5 Å². The Morgan fingerprint density at radius 3 is 2.75 bits per heavy atom. The zero-order chi connectivity index (χ0) is 12.1. The van der Waals surface area contributed by atoms with Gasteiger partial charge in [-0.05, 0) is 37.1 Å². The van der Waals surface area contributed by atoms with Gasteiger partial charge in [-0.3, -0.25) is 4.79 Å². The molecule has 0 saturated carbocycles. The molecule has 1 atom stereocenters. The number of nitrogens with two attached hydrogens (primary N) is 1. The molecule has 0 aromatic heterocycles. The van der Waals surface area contributed by atoms with Crippen molar-refractivity contribution in [1.82, 2.24) is 0 Å². The van der Waals surface area contributed by atoms with Crippen LogP contribution in [0.5, 0.6) is 0 Å². The van der Waals surface area contributed by atoms with Gasteiger partial charge in [0.2, 0.25) is 0 Å². The molecule has 16 heavy (non-hydrogen) atoms. The molecule has 0 aliphatic rings. The number of benzene rings is 1. The van der Waals surface area contributed by atoms with Crippen LogP contribution in [0.2, 0.25) is 0 Å². The summed E-state index contributed by atoms with van der Waals surface area (Å²) in [6, 6.07) is 5.60. The second kappa shape index (κ2) is 6.01. The molecule has 0 spiro atoms. The average molecular weight is 286 g/mol. The Morgan fingerprint density at radius 1 is 1.50 bits per heavy atom. The Balaban J connectivity index is 2.72. The smallest absolute Gasteiger partial charge is 0.307 e. The fourth-order valence-electron chi connectivity index (χ4n) is 1.50. The summed E-state index contributed by atoms with van der Waals surface area (Å²) in [6.45, 7) is 4.17. The number of hydrogen-bond acceptors (Lipinski definition) is 3. The third-order valence-electron chi connectivity index (χ3n) is 2.18. The molecule has 1 rings (SSSR count). The highest BCUT2D eigenvalue weighted by Crippen LogP contribution is 2.21. The van der Waals surface area contributed by atoms with E-state index in [4.69, 9.17) is 10.5 Å². The number of esters is 1. The number of rotatable bonds is 4. The highest BCUT2D eigenvalue weighted by molar-refractivity contribution is 9.10. The Bertz CT molecular complexity index is 359. The van der Waals surface area contributed by atoms with Crippen LogP contribution in [0.15, 0.2) is 22.7 Å². The molecule has 0 bridgehead atoms. The van der Waals surface area contributed by atoms with Gasteiger partial charge in [0.25, 0.3) is 0 Å². The van der Waals surface area contributed by atoms with E-state index in [1.165, 1.54) is 0 Å². The van der Waals surface area contributed by atoms with Crippen molar-refractivity contribution in [2.24, 2.45) is 5.73 Å². The third kappa shape index (κ3) is 3.94. The average Bonchev–Trinajstić information content (AvgIpc) is 2.16. The van der Waals surface area contributed by atoms with Crippen LogP contribution < -0.4 is 5.73 Å². The van der Waals surface area contributed by atoms with Crippen LogP contribution in [0.4, 0.5) is 0 Å². The van der Waals surface area contributed by atoms with Crippen LogP contribution in [-0.4, -0.2) is 12.6 Å². The molecule has 0 heterocycles. The maximum atomic E-state index is 11.3. The number of carbonyl (C=O) groups excluding carboxylic acids is 1. The van der Waals surface area contributed by atoms with Crippen molar-refractivity contribution < 1.29 is 9.53 Å². The fourth-order valence-corrected chi connectivity index (χ4v) is 2.12. The molecule has 88 valence electrons. The molecule has 1 aromatic rings. The van der Waals surface area contributed by atoms with Gasteiger partial charge in [0.1, 0.15) is 0 Å². The molecule has 0 unspecified atom stereocenters. The lowest BCUT2D eigenvalue weighted by Crippen LogP contribution is -2.17. The lowest BCUT2D eigenvalue weighted by atomic mass is 10.0. The lowest BCUT2D eigenvalue weighted by molar-refractivity contribution is -0.143. The largest absolute Gasteiger partial charge is 0.466 e. The predicted octanol–water partition coefficient (Wildman–Crippen LogP) is 2.71. The van der Waals surface area contributed by atoms with Crippen molar-refractivity contribution in [3.05, 3.63) is 33.8 Å². The zero-order valence-electron chi connectivity index (χ0n) is 9.50. The minimum atomic E-state index is -0.310. The summed E-state index contributed by atoms with van der Waals surface area (Å²) < 4.78 is 5.84. The zero-order valence-corrected chi connectivity index (χ0v) is 11.1. The Kier molecular flexibility index (Phi) is 4.96. The van der Waals surface area contributed by atoms with Crippen LogP contribution in [0, 0.1) is 6.92 Å². The monoisotopic (exact) mass is 285 g/mol. The molecular weight excluding hydrogens is 270 g/mol. The second-order valence-electron chi connectivity index (χ2n) is 3.68. The molecule has 0 aliphatic heterocycles. The van der Waals surface area contributed by atoms with E-state index in [9.17, 15) is 4.79 Å². The summed E-state index contributed by atoms with van der Waals surface area (Å²) in [6.07, 6.45) is 0.212. The first-order chi connectivity index (χ1) is 7.52. The highest BCUT2D eigenvalue weighted by atomic mass is 79.9. The maximum absolute atomic E-state index is 11.3. The number of ether oxygens (including phenoxy) is 1. The minimum absolute atomic E-state index is 0.212. The van der Waals surface area contributed by atoms with Crippen molar-refractivity contribution in [3.63, 3.8) is 0 Å². The summed E-state index contributed by atoms with van der Waals surface area (Å²) in [7, 11) is 0. The molecule has 2 N–H and O–H groups in total. The molecule has 4 heteroatoms. The molecule has 0 radical (unpaired) electrons. The summed E-state index contributed by atoms with van der Waals surface area (Å²) >= 11 is 3.41. The number of halogens is 1. The Hall–Kier alpha value is -0.870. The number of hydrogen-bond donors (Lipinski definition) is 1. The van der Waals surface area contributed by atoms with Crippen molar-refractivity contribution in [2.75, 3.05) is 6.61 Å². The van der Waals surface area contributed by atoms with Crippen LogP contribution in [-0.2, 0) is 9.53 Å². The predicted molar refractivity (Wildman–Crippen MR) is 67.1 cm³/mol. The first-order valence-corrected chi connectivity index (χ1v) is 6.00. The maximum Gasteiger partial charge on any atom is 0.307 e. The van der Waals surface area contributed by atoms with E-state index in [0.29, 0.717) is 6.61 Å². The van der Waals surface area contributed by atoms with Crippen LogP contribution >= 0.6 is 15.9 Å². The lowest BCUT2D eigenvalue weighted by Gasteiger charge is -2.12. The van der Waals surface area contributed by atoms with E-state index in [-0.39, 0.29) is 18.4 Å². The summed E-state index contributed by atoms with van der Waals surface area (Å²) in [5, 5.41) is 0. The van der Waals surface area contributed by atoms with E-state index in [1.807, 2.05) is 25.1 Å². The van der Waals surface area contributed by atoms with Gasteiger partial charge in [0.05, 0.1) is 13.0 Å². The molecule has 0 amide bonds. The quantitative estimate of drug-likeness (QED) is 0.866. The van der Waals surface area contributed by atoms with E-state index >= 15 is 0 Å². The summed E-state index contributed by atoms with van der Waals surface area (Å²) in [4.78, 5) is 11.3. The molecule has 1 aromatic carbocycles. The van der Waals surface area contributed by atoms with E-state index in [1.54, 1.807) is 6.92 Å². The summed E-state index contributed by atoms with van der Waals surface area (Å²) in [5.41, 5.74) is 8.00. The topological polar surface area (TPSA) is 52.3 Å². The molecular formula is C12H16BrNO2. The van der Waals surface area contributed by atoms with Crippen molar-refractivity contribution in [2.45, 2.75) is 26.3 Å². The van der Waals surface area contributed by atoms with Gasteiger partial charge in [-0.1, -0.05) is 22.0 Å². The second-order valence-corrected chi connectivity index (χ2v) is 4.59. The first kappa shape index (κ1) is 13.2. The van der Waals surface area contributed by atoms with Crippen molar-refractivity contribution in [3.8, 4) is 0 Å².